The zero-order chi connectivity index (χ0) is 13.5. The second-order valence-corrected chi connectivity index (χ2v) is 6.29. The Bertz CT molecular complexity index is 312. The molecule has 0 aromatic heterocycles. The summed E-state index contributed by atoms with van der Waals surface area (Å²) in [6.45, 7) is 6.42. The molecule has 0 fully saturated rings. The van der Waals surface area contributed by atoms with Crippen LogP contribution >= 0.6 is 34.8 Å². The molecule has 0 rings (SSSR count). The Morgan fingerprint density at radius 3 is 2.24 bits per heavy atom. The molecule has 17 heavy (non-hydrogen) atoms. The number of hydrogen-bond acceptors (Lipinski definition) is 2. The average Bonchev–Trinajstić information content (AvgIpc) is 2.15. The summed E-state index contributed by atoms with van der Waals surface area (Å²) < 4.78 is 3.23. The zero-order valence-electron chi connectivity index (χ0n) is 10.3. The lowest BCUT2D eigenvalue weighted by atomic mass is 10.1. The highest BCUT2D eigenvalue weighted by atomic mass is 35.6. The van der Waals surface area contributed by atoms with Crippen molar-refractivity contribution in [3.63, 3.8) is 0 Å². The van der Waals surface area contributed by atoms with Crippen molar-refractivity contribution < 1.29 is 4.74 Å². The smallest absolute Gasteiger partial charge is 0.265 e. The molecule has 0 heterocycles. The summed E-state index contributed by atoms with van der Waals surface area (Å²) >= 11 is 16.4. The van der Waals surface area contributed by atoms with Crippen LogP contribution in [0.1, 0.15) is 33.6 Å². The van der Waals surface area contributed by atoms with Gasteiger partial charge in [-0.25, -0.2) is 0 Å². The van der Waals surface area contributed by atoms with Gasteiger partial charge in [-0.1, -0.05) is 52.0 Å². The minimum Gasteiger partial charge on any atom is -0.474 e. The van der Waals surface area contributed by atoms with Crippen molar-refractivity contribution in [3.8, 4) is 0 Å². The molecular weight excluding hydrogens is 280 g/mol. The first-order valence-electron chi connectivity index (χ1n) is 5.31. The van der Waals surface area contributed by atoms with Gasteiger partial charge < -0.3 is 4.74 Å². The molecule has 0 radical (unpaired) electrons. The fraction of sp³-hybridized carbons (Fsp3) is 0.583. The van der Waals surface area contributed by atoms with E-state index in [1.54, 1.807) is 0 Å². The van der Waals surface area contributed by atoms with Crippen molar-refractivity contribution in [1.82, 2.24) is 0 Å². The first-order chi connectivity index (χ1) is 7.73. The fourth-order valence-corrected chi connectivity index (χ4v) is 1.20. The van der Waals surface area contributed by atoms with E-state index in [0.717, 1.165) is 12.8 Å². The molecule has 0 aromatic carbocycles. The SMILES string of the molecule is CC(C)=CCC/C(C)=C\COC(=N)C(Cl)(Cl)Cl. The van der Waals surface area contributed by atoms with Crippen molar-refractivity contribution >= 4 is 40.7 Å². The van der Waals surface area contributed by atoms with Crippen LogP contribution in [0.2, 0.25) is 0 Å². The minimum absolute atomic E-state index is 0.257. The highest BCUT2D eigenvalue weighted by Crippen LogP contribution is 2.27. The van der Waals surface area contributed by atoms with E-state index in [-0.39, 0.29) is 12.5 Å². The van der Waals surface area contributed by atoms with Crippen LogP contribution in [0.15, 0.2) is 23.3 Å². The molecule has 0 aliphatic rings. The number of allylic oxidation sites excluding steroid dienone is 3. The topological polar surface area (TPSA) is 33.1 Å². The van der Waals surface area contributed by atoms with Gasteiger partial charge >= 0.3 is 0 Å². The van der Waals surface area contributed by atoms with Crippen molar-refractivity contribution in [2.24, 2.45) is 0 Å². The predicted molar refractivity (Wildman–Crippen MR) is 76.4 cm³/mol. The number of ether oxygens (including phenoxy) is 1. The predicted octanol–water partition coefficient (Wildman–Crippen LogP) is 5.04. The number of alkyl halides is 3. The minimum atomic E-state index is -1.77. The number of hydrogen-bond donors (Lipinski definition) is 1. The van der Waals surface area contributed by atoms with Crippen molar-refractivity contribution in [1.29, 1.82) is 5.41 Å². The highest BCUT2D eigenvalue weighted by molar-refractivity contribution is 6.76. The van der Waals surface area contributed by atoms with Crippen LogP contribution in [0.25, 0.3) is 0 Å². The summed E-state index contributed by atoms with van der Waals surface area (Å²) in [4.78, 5) is 0. The molecule has 0 unspecified atom stereocenters. The molecule has 0 spiro atoms. The molecule has 0 aliphatic heterocycles. The van der Waals surface area contributed by atoms with Crippen molar-refractivity contribution in [2.75, 3.05) is 6.61 Å². The molecule has 0 amide bonds. The lowest BCUT2D eigenvalue weighted by Crippen LogP contribution is -2.21. The summed E-state index contributed by atoms with van der Waals surface area (Å²) in [7, 11) is 0. The Balaban J connectivity index is 3.93. The Morgan fingerprint density at radius 1 is 1.18 bits per heavy atom. The first-order valence-corrected chi connectivity index (χ1v) is 6.44. The lowest BCUT2D eigenvalue weighted by Gasteiger charge is -2.12. The van der Waals surface area contributed by atoms with E-state index in [9.17, 15) is 0 Å². The van der Waals surface area contributed by atoms with Crippen LogP contribution in [-0.4, -0.2) is 16.3 Å². The molecule has 0 aromatic rings. The molecule has 0 bridgehead atoms. The Hall–Kier alpha value is -0.180. The van der Waals surface area contributed by atoms with Crippen molar-refractivity contribution in [2.45, 2.75) is 37.4 Å². The molecule has 5 heteroatoms. The molecule has 1 N–H and O–H groups in total. The summed E-state index contributed by atoms with van der Waals surface area (Å²) in [5.74, 6) is -0.351. The molecule has 0 aliphatic carbocycles. The third-order valence-corrected chi connectivity index (χ3v) is 2.52. The van der Waals surface area contributed by atoms with Gasteiger partial charge in [-0.3, -0.25) is 5.41 Å². The van der Waals surface area contributed by atoms with Crippen LogP contribution in [-0.2, 0) is 4.74 Å². The average molecular weight is 299 g/mol. The van der Waals surface area contributed by atoms with E-state index in [0.29, 0.717) is 0 Å². The summed E-state index contributed by atoms with van der Waals surface area (Å²) in [6.07, 6.45) is 6.05. The summed E-state index contributed by atoms with van der Waals surface area (Å²) in [6, 6.07) is 0. The Labute approximate surface area is 118 Å². The quantitative estimate of drug-likeness (QED) is 0.328. The second kappa shape index (κ2) is 8.02. The van der Waals surface area contributed by atoms with E-state index in [2.05, 4.69) is 19.9 Å². The maximum absolute atomic E-state index is 7.32. The molecule has 2 nitrogen and oxygen atoms in total. The van der Waals surface area contributed by atoms with Gasteiger partial charge in [0.2, 0.25) is 5.90 Å². The van der Waals surface area contributed by atoms with E-state index in [1.807, 2.05) is 13.0 Å². The number of nitrogens with one attached hydrogen (secondary N) is 1. The largest absolute Gasteiger partial charge is 0.474 e. The van der Waals surface area contributed by atoms with Crippen LogP contribution in [0, 0.1) is 5.41 Å². The standard InChI is InChI=1S/C12H18Cl3NO/c1-9(2)5-4-6-10(3)7-8-17-11(16)12(13,14)15/h5,7,16H,4,6,8H2,1-3H3/b10-7-,16-11?. The van der Waals surface area contributed by atoms with Gasteiger partial charge in [0.1, 0.15) is 6.61 Å². The monoisotopic (exact) mass is 297 g/mol. The van der Waals surface area contributed by atoms with Crippen molar-refractivity contribution in [3.05, 3.63) is 23.3 Å². The van der Waals surface area contributed by atoms with Crippen LogP contribution in [0.4, 0.5) is 0 Å². The molecule has 98 valence electrons. The van der Waals surface area contributed by atoms with E-state index in [1.165, 1.54) is 11.1 Å². The molecule has 0 atom stereocenters. The van der Waals surface area contributed by atoms with Gasteiger partial charge in [-0.2, -0.15) is 0 Å². The number of rotatable bonds is 5. The Kier molecular flexibility index (Phi) is 7.93. The fourth-order valence-electron chi connectivity index (χ4n) is 1.04. The van der Waals surface area contributed by atoms with E-state index >= 15 is 0 Å². The van der Waals surface area contributed by atoms with Gasteiger partial charge in [-0.15, -0.1) is 0 Å². The first kappa shape index (κ1) is 16.8. The highest BCUT2D eigenvalue weighted by Gasteiger charge is 2.28. The third-order valence-electron chi connectivity index (χ3n) is 2.01. The normalized spacial score (nSPS) is 12.2. The summed E-state index contributed by atoms with van der Waals surface area (Å²) in [5, 5.41) is 7.32. The van der Waals surface area contributed by atoms with Crippen LogP contribution in [0.5, 0.6) is 0 Å². The number of halogens is 3. The molecule has 0 saturated heterocycles. The maximum atomic E-state index is 7.32. The lowest BCUT2D eigenvalue weighted by molar-refractivity contribution is 0.339. The maximum Gasteiger partial charge on any atom is 0.265 e. The van der Waals surface area contributed by atoms with Crippen LogP contribution < -0.4 is 0 Å². The van der Waals surface area contributed by atoms with E-state index < -0.39 is 3.79 Å². The van der Waals surface area contributed by atoms with Gasteiger partial charge in [0.25, 0.3) is 3.79 Å². The van der Waals surface area contributed by atoms with Gasteiger partial charge in [0, 0.05) is 0 Å². The summed E-state index contributed by atoms with van der Waals surface area (Å²) in [5.41, 5.74) is 2.51. The molecule has 0 saturated carbocycles. The Morgan fingerprint density at radius 2 is 1.76 bits per heavy atom. The van der Waals surface area contributed by atoms with Gasteiger partial charge in [0.05, 0.1) is 0 Å². The van der Waals surface area contributed by atoms with Gasteiger partial charge in [-0.05, 0) is 39.7 Å². The van der Waals surface area contributed by atoms with Crippen LogP contribution in [0.3, 0.4) is 0 Å². The molecular formula is C12H18Cl3NO. The van der Waals surface area contributed by atoms with E-state index in [4.69, 9.17) is 44.9 Å². The van der Waals surface area contributed by atoms with Gasteiger partial charge in [0.15, 0.2) is 0 Å². The third kappa shape index (κ3) is 9.51. The zero-order valence-corrected chi connectivity index (χ0v) is 12.6. The second-order valence-electron chi connectivity index (χ2n) is 4.01.